The van der Waals surface area contributed by atoms with Crippen molar-refractivity contribution in [2.24, 2.45) is 11.8 Å². The van der Waals surface area contributed by atoms with Gasteiger partial charge in [0.15, 0.2) is 0 Å². The van der Waals surface area contributed by atoms with Gasteiger partial charge in [-0.15, -0.1) is 0 Å². The average molecular weight is 432 g/mol. The number of carbonyl (C=O) groups is 3. The Balaban J connectivity index is 1.36. The van der Waals surface area contributed by atoms with Crippen LogP contribution in [0.4, 0.5) is 11.4 Å². The van der Waals surface area contributed by atoms with Gasteiger partial charge < -0.3 is 15.5 Å². The Morgan fingerprint density at radius 1 is 1.03 bits per heavy atom. The number of nitrogens with one attached hydrogen (secondary N) is 2. The van der Waals surface area contributed by atoms with Crippen molar-refractivity contribution < 1.29 is 14.4 Å². The van der Waals surface area contributed by atoms with Gasteiger partial charge >= 0.3 is 0 Å². The van der Waals surface area contributed by atoms with Gasteiger partial charge in [-0.1, -0.05) is 37.1 Å². The Hall–Kier alpha value is -3.15. The SMILES string of the molecule is CC1Cc2ccccc2N1C(=O)C1CCCCC1C(=O)Nc1ccc2c(c1)C(=O)NCC2. The van der Waals surface area contributed by atoms with Gasteiger partial charge in [0.05, 0.1) is 5.92 Å². The van der Waals surface area contributed by atoms with Gasteiger partial charge in [0, 0.05) is 35.4 Å². The number of amides is 3. The number of hydrogen-bond acceptors (Lipinski definition) is 3. The lowest BCUT2D eigenvalue weighted by molar-refractivity contribution is -0.132. The molecule has 2 aromatic rings. The molecule has 32 heavy (non-hydrogen) atoms. The zero-order chi connectivity index (χ0) is 22.2. The third-order valence-corrected chi connectivity index (χ3v) is 7.17. The van der Waals surface area contributed by atoms with E-state index in [0.717, 1.165) is 43.4 Å². The second kappa shape index (κ2) is 8.41. The molecular formula is C26H29N3O3. The molecule has 1 saturated carbocycles. The van der Waals surface area contributed by atoms with Crippen LogP contribution in [0.5, 0.6) is 0 Å². The van der Waals surface area contributed by atoms with Crippen molar-refractivity contribution >= 4 is 29.1 Å². The molecule has 6 nitrogen and oxygen atoms in total. The Bertz CT molecular complexity index is 1080. The highest BCUT2D eigenvalue weighted by atomic mass is 16.2. The van der Waals surface area contributed by atoms with Crippen LogP contribution in [-0.4, -0.2) is 30.3 Å². The monoisotopic (exact) mass is 431 g/mol. The lowest BCUT2D eigenvalue weighted by Crippen LogP contribution is -2.46. The van der Waals surface area contributed by atoms with Crippen LogP contribution in [0.15, 0.2) is 42.5 Å². The van der Waals surface area contributed by atoms with E-state index in [1.54, 1.807) is 6.07 Å². The van der Waals surface area contributed by atoms with Crippen LogP contribution in [0.25, 0.3) is 0 Å². The quantitative estimate of drug-likeness (QED) is 0.778. The number of para-hydroxylation sites is 1. The lowest BCUT2D eigenvalue weighted by atomic mass is 9.77. The van der Waals surface area contributed by atoms with E-state index in [9.17, 15) is 14.4 Å². The molecule has 2 heterocycles. The molecule has 1 aliphatic carbocycles. The average Bonchev–Trinajstić information content (AvgIpc) is 3.15. The molecule has 0 aromatic heterocycles. The fourth-order valence-electron chi connectivity index (χ4n) is 5.54. The first kappa shape index (κ1) is 20.7. The summed E-state index contributed by atoms with van der Waals surface area (Å²) < 4.78 is 0. The number of carbonyl (C=O) groups excluding carboxylic acids is 3. The van der Waals surface area contributed by atoms with Crippen LogP contribution in [0.1, 0.15) is 54.1 Å². The highest BCUT2D eigenvalue weighted by Gasteiger charge is 2.41. The summed E-state index contributed by atoms with van der Waals surface area (Å²) in [5.41, 5.74) is 4.40. The van der Waals surface area contributed by atoms with Crippen molar-refractivity contribution in [1.82, 2.24) is 5.32 Å². The summed E-state index contributed by atoms with van der Waals surface area (Å²) in [6.45, 7) is 2.72. The van der Waals surface area contributed by atoms with Crippen molar-refractivity contribution in [3.05, 3.63) is 59.2 Å². The molecule has 0 bridgehead atoms. The molecule has 3 atom stereocenters. The lowest BCUT2D eigenvalue weighted by Gasteiger charge is -2.34. The third kappa shape index (κ3) is 3.68. The van der Waals surface area contributed by atoms with Gasteiger partial charge in [0.25, 0.3) is 5.91 Å². The summed E-state index contributed by atoms with van der Waals surface area (Å²) in [6, 6.07) is 13.7. The summed E-state index contributed by atoms with van der Waals surface area (Å²) in [7, 11) is 0. The van der Waals surface area contributed by atoms with Gasteiger partial charge in [-0.3, -0.25) is 14.4 Å². The molecule has 3 unspecified atom stereocenters. The van der Waals surface area contributed by atoms with Gasteiger partial charge in [-0.2, -0.15) is 0 Å². The minimum atomic E-state index is -0.360. The van der Waals surface area contributed by atoms with Crippen molar-refractivity contribution in [1.29, 1.82) is 0 Å². The zero-order valence-corrected chi connectivity index (χ0v) is 18.4. The Kier molecular flexibility index (Phi) is 5.45. The zero-order valence-electron chi connectivity index (χ0n) is 18.4. The van der Waals surface area contributed by atoms with Crippen LogP contribution in [-0.2, 0) is 22.4 Å². The van der Waals surface area contributed by atoms with Crippen molar-refractivity contribution in [3.8, 4) is 0 Å². The summed E-state index contributed by atoms with van der Waals surface area (Å²) >= 11 is 0. The topological polar surface area (TPSA) is 78.5 Å². The van der Waals surface area contributed by atoms with E-state index in [1.807, 2.05) is 35.2 Å². The normalized spacial score (nSPS) is 24.3. The molecule has 3 amide bonds. The Morgan fingerprint density at radius 3 is 2.66 bits per heavy atom. The molecule has 3 aliphatic rings. The Labute approximate surface area is 188 Å². The maximum atomic E-state index is 13.7. The summed E-state index contributed by atoms with van der Waals surface area (Å²) in [6.07, 6.45) is 4.99. The molecule has 2 N–H and O–H groups in total. The maximum absolute atomic E-state index is 13.7. The van der Waals surface area contributed by atoms with E-state index in [4.69, 9.17) is 0 Å². The highest BCUT2D eigenvalue weighted by molar-refractivity contribution is 6.03. The summed E-state index contributed by atoms with van der Waals surface area (Å²) in [4.78, 5) is 41.0. The minimum Gasteiger partial charge on any atom is -0.352 e. The first-order valence-electron chi connectivity index (χ1n) is 11.7. The van der Waals surface area contributed by atoms with Crippen LogP contribution < -0.4 is 15.5 Å². The second-order valence-electron chi connectivity index (χ2n) is 9.25. The van der Waals surface area contributed by atoms with E-state index in [-0.39, 0.29) is 35.6 Å². The first-order chi connectivity index (χ1) is 15.5. The number of rotatable bonds is 3. The highest BCUT2D eigenvalue weighted by Crippen LogP contribution is 2.38. The van der Waals surface area contributed by atoms with Crippen LogP contribution in [0, 0.1) is 11.8 Å². The van der Waals surface area contributed by atoms with Gasteiger partial charge in [-0.25, -0.2) is 0 Å². The molecule has 166 valence electrons. The fraction of sp³-hybridized carbons (Fsp3) is 0.423. The molecule has 5 rings (SSSR count). The fourth-order valence-corrected chi connectivity index (χ4v) is 5.54. The summed E-state index contributed by atoms with van der Waals surface area (Å²) in [5, 5.41) is 5.84. The number of anilines is 2. The third-order valence-electron chi connectivity index (χ3n) is 7.17. The van der Waals surface area contributed by atoms with E-state index >= 15 is 0 Å². The molecule has 0 radical (unpaired) electrons. The van der Waals surface area contributed by atoms with Crippen molar-refractivity contribution in [3.63, 3.8) is 0 Å². The van der Waals surface area contributed by atoms with Crippen molar-refractivity contribution in [2.75, 3.05) is 16.8 Å². The molecule has 2 aliphatic heterocycles. The number of nitrogens with zero attached hydrogens (tertiary/aromatic N) is 1. The first-order valence-corrected chi connectivity index (χ1v) is 11.7. The van der Waals surface area contributed by atoms with Crippen LogP contribution in [0.3, 0.4) is 0 Å². The van der Waals surface area contributed by atoms with Gasteiger partial charge in [0.1, 0.15) is 0 Å². The van der Waals surface area contributed by atoms with Crippen LogP contribution in [0.2, 0.25) is 0 Å². The molecule has 1 fully saturated rings. The van der Waals surface area contributed by atoms with Gasteiger partial charge in [0.2, 0.25) is 11.8 Å². The number of fused-ring (bicyclic) bond motifs is 2. The molecule has 0 saturated heterocycles. The minimum absolute atomic E-state index is 0.0621. The standard InChI is InChI=1S/C26H29N3O3/c1-16-14-18-6-2-5-9-23(18)29(16)26(32)21-8-4-3-7-20(21)25(31)28-19-11-10-17-12-13-27-24(30)22(17)15-19/h2,5-6,9-11,15-16,20-21H,3-4,7-8,12-14H2,1H3,(H,27,30)(H,28,31). The number of hydrogen-bond donors (Lipinski definition) is 2. The largest absolute Gasteiger partial charge is 0.352 e. The molecule has 0 spiro atoms. The van der Waals surface area contributed by atoms with Crippen molar-refractivity contribution in [2.45, 2.75) is 51.5 Å². The smallest absolute Gasteiger partial charge is 0.251 e. The predicted molar refractivity (Wildman–Crippen MR) is 124 cm³/mol. The van der Waals surface area contributed by atoms with Crippen LogP contribution >= 0.6 is 0 Å². The van der Waals surface area contributed by atoms with E-state index in [0.29, 0.717) is 24.2 Å². The molecule has 6 heteroatoms. The molecule has 2 aromatic carbocycles. The predicted octanol–water partition coefficient (Wildman–Crippen LogP) is 3.70. The Morgan fingerprint density at radius 2 is 1.81 bits per heavy atom. The second-order valence-corrected chi connectivity index (χ2v) is 9.25. The van der Waals surface area contributed by atoms with E-state index < -0.39 is 0 Å². The summed E-state index contributed by atoms with van der Waals surface area (Å²) in [5.74, 6) is -0.847. The van der Waals surface area contributed by atoms with Gasteiger partial charge in [-0.05, 0) is 61.9 Å². The molecular weight excluding hydrogens is 402 g/mol. The van der Waals surface area contributed by atoms with E-state index in [2.05, 4.69) is 23.6 Å². The van der Waals surface area contributed by atoms with E-state index in [1.165, 1.54) is 5.56 Å². The maximum Gasteiger partial charge on any atom is 0.251 e. The number of benzene rings is 2.